The van der Waals surface area contributed by atoms with Gasteiger partial charge in [-0.3, -0.25) is 9.59 Å². The van der Waals surface area contributed by atoms with Crippen LogP contribution in [0.5, 0.6) is 5.75 Å². The lowest BCUT2D eigenvalue weighted by Gasteiger charge is -2.36. The molecule has 10 heteroatoms. The van der Waals surface area contributed by atoms with Gasteiger partial charge in [-0.1, -0.05) is 0 Å². The fraction of sp³-hybridized carbons (Fsp3) is 0.391. The van der Waals surface area contributed by atoms with Crippen molar-refractivity contribution < 1.29 is 22.7 Å². The normalized spacial score (nSPS) is 18.5. The average molecular weight is 490 g/mol. The molecule has 1 N–H and O–H groups in total. The van der Waals surface area contributed by atoms with E-state index in [1.54, 1.807) is 31.1 Å². The third-order valence-electron chi connectivity index (χ3n) is 5.90. The molecule has 0 aromatic heterocycles. The van der Waals surface area contributed by atoms with Crippen molar-refractivity contribution in [3.63, 3.8) is 0 Å². The lowest BCUT2D eigenvalue weighted by atomic mass is 10.2. The maximum absolute atomic E-state index is 12.8. The van der Waals surface area contributed by atoms with Crippen molar-refractivity contribution in [2.45, 2.75) is 28.4 Å². The molecule has 33 heavy (non-hydrogen) atoms. The van der Waals surface area contributed by atoms with Crippen molar-refractivity contribution in [2.24, 2.45) is 0 Å². The van der Waals surface area contributed by atoms with Crippen molar-refractivity contribution in [1.82, 2.24) is 4.90 Å². The van der Waals surface area contributed by atoms with Crippen LogP contribution in [0, 0.1) is 0 Å². The minimum atomic E-state index is -3.65. The quantitative estimate of drug-likeness (QED) is 0.666. The number of ether oxygens (including phenoxy) is 1. The van der Waals surface area contributed by atoms with Crippen LogP contribution in [-0.2, 0) is 19.4 Å². The number of hydrogen-bond donors (Lipinski definition) is 1. The van der Waals surface area contributed by atoms with Gasteiger partial charge in [0.05, 0.1) is 28.7 Å². The number of fused-ring (bicyclic) bond motifs is 1. The molecule has 2 aromatic rings. The summed E-state index contributed by atoms with van der Waals surface area (Å²) in [6.07, 6.45) is -0.0693. The van der Waals surface area contributed by atoms with Crippen molar-refractivity contribution in [3.8, 4) is 5.75 Å². The van der Waals surface area contributed by atoms with Crippen molar-refractivity contribution in [2.75, 3.05) is 49.3 Å². The Morgan fingerprint density at radius 3 is 2.48 bits per heavy atom. The molecule has 176 valence electrons. The molecular weight excluding hydrogens is 462 g/mol. The zero-order chi connectivity index (χ0) is 23.6. The number of benzene rings is 2. The highest BCUT2D eigenvalue weighted by molar-refractivity contribution is 8.01. The topological polar surface area (TPSA) is 96.0 Å². The molecule has 0 aliphatic carbocycles. The van der Waals surface area contributed by atoms with Gasteiger partial charge < -0.3 is 19.9 Å². The number of sulfone groups is 1. The molecule has 0 saturated carbocycles. The van der Waals surface area contributed by atoms with Gasteiger partial charge in [0.25, 0.3) is 0 Å². The van der Waals surface area contributed by atoms with E-state index in [2.05, 4.69) is 10.2 Å². The largest absolute Gasteiger partial charge is 0.497 e. The molecular formula is C23H27N3O5S2. The maximum Gasteiger partial charge on any atom is 0.237 e. The van der Waals surface area contributed by atoms with E-state index in [0.29, 0.717) is 31.9 Å². The Balaban J connectivity index is 1.32. The Kier molecular flexibility index (Phi) is 6.85. The summed E-state index contributed by atoms with van der Waals surface area (Å²) in [5, 5.41) is 2.53. The molecule has 1 fully saturated rings. The Morgan fingerprint density at radius 1 is 1.12 bits per heavy atom. The Bertz CT molecular complexity index is 1140. The van der Waals surface area contributed by atoms with Crippen LogP contribution in [-0.4, -0.2) is 69.4 Å². The van der Waals surface area contributed by atoms with Gasteiger partial charge in [0.2, 0.25) is 11.8 Å². The SMILES string of the molecule is COc1ccc(N2CCN(C(=O)CCS(=O)(=O)c3ccc4c(c3)NC(=O)[C@@H](C)S4)CC2)cc1. The Labute approximate surface area is 198 Å². The Hall–Kier alpha value is -2.72. The summed E-state index contributed by atoms with van der Waals surface area (Å²) in [5.41, 5.74) is 1.57. The molecule has 0 spiro atoms. The third-order valence-corrected chi connectivity index (χ3v) is 8.79. The molecule has 2 aliphatic heterocycles. The molecule has 2 heterocycles. The summed E-state index contributed by atoms with van der Waals surface area (Å²) in [5.74, 6) is 0.221. The van der Waals surface area contributed by atoms with Crippen LogP contribution in [0.1, 0.15) is 13.3 Å². The number of carbonyl (C=O) groups excluding carboxylic acids is 2. The molecule has 0 unspecified atom stereocenters. The zero-order valence-electron chi connectivity index (χ0n) is 18.6. The van der Waals surface area contributed by atoms with Crippen LogP contribution in [0.2, 0.25) is 0 Å². The lowest BCUT2D eigenvalue weighted by Crippen LogP contribution is -2.49. The monoisotopic (exact) mass is 489 g/mol. The molecule has 8 nitrogen and oxygen atoms in total. The zero-order valence-corrected chi connectivity index (χ0v) is 20.2. The van der Waals surface area contributed by atoms with Gasteiger partial charge in [0.15, 0.2) is 9.84 Å². The van der Waals surface area contributed by atoms with Crippen LogP contribution >= 0.6 is 11.8 Å². The first-order valence-electron chi connectivity index (χ1n) is 10.8. The molecule has 1 atom stereocenters. The number of nitrogens with zero attached hydrogens (tertiary/aromatic N) is 2. The van der Waals surface area contributed by atoms with Crippen molar-refractivity contribution in [3.05, 3.63) is 42.5 Å². The number of thioether (sulfide) groups is 1. The van der Waals surface area contributed by atoms with E-state index < -0.39 is 9.84 Å². The molecule has 2 aromatic carbocycles. The first-order chi connectivity index (χ1) is 15.8. The number of hydrogen-bond acceptors (Lipinski definition) is 7. The number of anilines is 2. The highest BCUT2D eigenvalue weighted by atomic mass is 32.2. The first-order valence-corrected chi connectivity index (χ1v) is 13.3. The van der Waals surface area contributed by atoms with Gasteiger partial charge in [-0.05, 0) is 49.4 Å². The Morgan fingerprint density at radius 2 is 1.82 bits per heavy atom. The van der Waals surface area contributed by atoms with E-state index in [9.17, 15) is 18.0 Å². The van der Waals surface area contributed by atoms with Crippen LogP contribution in [0.25, 0.3) is 0 Å². The van der Waals surface area contributed by atoms with Crippen LogP contribution in [0.15, 0.2) is 52.3 Å². The highest BCUT2D eigenvalue weighted by Crippen LogP contribution is 2.37. The van der Waals surface area contributed by atoms with Crippen LogP contribution in [0.3, 0.4) is 0 Å². The summed E-state index contributed by atoms with van der Waals surface area (Å²) in [7, 11) is -2.02. The second-order valence-corrected chi connectivity index (χ2v) is 11.5. The molecule has 4 rings (SSSR count). The molecule has 2 aliphatic rings. The van der Waals surface area contributed by atoms with E-state index in [4.69, 9.17) is 4.74 Å². The first kappa shape index (κ1) is 23.4. The van der Waals surface area contributed by atoms with Gasteiger partial charge in [0, 0.05) is 43.2 Å². The number of methoxy groups -OCH3 is 1. The summed E-state index contributed by atoms with van der Waals surface area (Å²) in [4.78, 5) is 29.5. The minimum Gasteiger partial charge on any atom is -0.497 e. The molecule has 1 saturated heterocycles. The molecule has 2 amide bonds. The highest BCUT2D eigenvalue weighted by Gasteiger charge is 2.27. The van der Waals surface area contributed by atoms with E-state index >= 15 is 0 Å². The van der Waals surface area contributed by atoms with E-state index in [-0.39, 0.29) is 34.1 Å². The summed E-state index contributed by atoms with van der Waals surface area (Å²) >= 11 is 1.40. The second kappa shape index (κ2) is 9.64. The van der Waals surface area contributed by atoms with E-state index in [1.807, 2.05) is 24.3 Å². The predicted octanol–water partition coefficient (Wildman–Crippen LogP) is 2.64. The summed E-state index contributed by atoms with van der Waals surface area (Å²) in [6.45, 7) is 4.27. The fourth-order valence-electron chi connectivity index (χ4n) is 3.89. The second-order valence-electron chi connectivity index (χ2n) is 8.04. The van der Waals surface area contributed by atoms with Gasteiger partial charge in [-0.2, -0.15) is 0 Å². The fourth-order valence-corrected chi connectivity index (χ4v) is 6.07. The van der Waals surface area contributed by atoms with Gasteiger partial charge >= 0.3 is 0 Å². The van der Waals surface area contributed by atoms with Gasteiger partial charge in [0.1, 0.15) is 5.75 Å². The molecule has 0 bridgehead atoms. The number of nitrogens with one attached hydrogen (secondary N) is 1. The number of piperazine rings is 1. The van der Waals surface area contributed by atoms with Crippen LogP contribution in [0.4, 0.5) is 11.4 Å². The smallest absolute Gasteiger partial charge is 0.237 e. The predicted molar refractivity (Wildman–Crippen MR) is 129 cm³/mol. The average Bonchev–Trinajstić information content (AvgIpc) is 2.83. The number of amides is 2. The molecule has 0 radical (unpaired) electrons. The van der Waals surface area contributed by atoms with Gasteiger partial charge in [-0.15, -0.1) is 11.8 Å². The van der Waals surface area contributed by atoms with E-state index in [1.165, 1.54) is 17.8 Å². The van der Waals surface area contributed by atoms with Crippen molar-refractivity contribution >= 4 is 44.8 Å². The third kappa shape index (κ3) is 5.27. The van der Waals surface area contributed by atoms with E-state index in [0.717, 1.165) is 16.3 Å². The number of carbonyl (C=O) groups is 2. The summed E-state index contributed by atoms with van der Waals surface area (Å²) < 4.78 is 30.9. The van der Waals surface area contributed by atoms with Crippen LogP contribution < -0.4 is 15.0 Å². The summed E-state index contributed by atoms with van der Waals surface area (Å²) in [6, 6.07) is 12.5. The van der Waals surface area contributed by atoms with Gasteiger partial charge in [-0.25, -0.2) is 8.42 Å². The minimum absolute atomic E-state index is 0.0693. The standard InChI is InChI=1S/C23H27N3O5S2/c1-16-23(28)24-20-15-19(7-8-21(20)32-16)33(29,30)14-9-22(27)26-12-10-25(11-13-26)17-3-5-18(31-2)6-4-17/h3-8,15-16H,9-14H2,1-2H3,(H,24,28)/t16-/m1/s1. The maximum atomic E-state index is 12.8. The van der Waals surface area contributed by atoms with Crippen molar-refractivity contribution in [1.29, 1.82) is 0 Å². The number of rotatable bonds is 6. The lowest BCUT2D eigenvalue weighted by molar-refractivity contribution is -0.131.